The molecule has 3 nitrogen and oxygen atoms in total. The second-order valence-electron chi connectivity index (χ2n) is 4.96. The number of rotatable bonds is 1. The number of carbonyl (C=O) groups is 1. The molecule has 1 aromatic rings. The summed E-state index contributed by atoms with van der Waals surface area (Å²) in [5, 5.41) is 0. The van der Waals surface area contributed by atoms with Crippen molar-refractivity contribution in [3.8, 4) is 5.75 Å². The SMILES string of the molecule is CC1COc2c(C(C)C)cccc2N(C)C1=O. The van der Waals surface area contributed by atoms with E-state index in [1.54, 1.807) is 4.90 Å². The lowest BCUT2D eigenvalue weighted by Gasteiger charge is -2.20. The highest BCUT2D eigenvalue weighted by Gasteiger charge is 2.27. The zero-order valence-corrected chi connectivity index (χ0v) is 10.9. The third-order valence-corrected chi connectivity index (χ3v) is 3.24. The standard InChI is InChI=1S/C14H19NO2/c1-9(2)11-6-5-7-12-13(11)17-8-10(3)14(16)15(12)4/h5-7,9-10H,8H2,1-4H3. The second-order valence-corrected chi connectivity index (χ2v) is 4.96. The molecular weight excluding hydrogens is 214 g/mol. The van der Waals surface area contributed by atoms with Crippen LogP contribution in [0.1, 0.15) is 32.3 Å². The van der Waals surface area contributed by atoms with Gasteiger partial charge in [-0.15, -0.1) is 0 Å². The first-order valence-corrected chi connectivity index (χ1v) is 6.05. The molecule has 1 unspecified atom stereocenters. The number of hydrogen-bond acceptors (Lipinski definition) is 2. The van der Waals surface area contributed by atoms with Gasteiger partial charge in [0.25, 0.3) is 0 Å². The Labute approximate surface area is 102 Å². The zero-order chi connectivity index (χ0) is 12.6. The van der Waals surface area contributed by atoms with Crippen LogP contribution in [0.3, 0.4) is 0 Å². The molecule has 2 rings (SSSR count). The fourth-order valence-electron chi connectivity index (χ4n) is 2.15. The molecule has 0 N–H and O–H groups in total. The van der Waals surface area contributed by atoms with Gasteiger partial charge in [0, 0.05) is 7.05 Å². The molecule has 0 aliphatic carbocycles. The summed E-state index contributed by atoms with van der Waals surface area (Å²) in [7, 11) is 1.82. The average molecular weight is 233 g/mol. The predicted octanol–water partition coefficient (Wildman–Crippen LogP) is 2.80. The Morgan fingerprint density at radius 3 is 2.76 bits per heavy atom. The number of nitrogens with zero attached hydrogens (tertiary/aromatic N) is 1. The van der Waals surface area contributed by atoms with Gasteiger partial charge in [-0.2, -0.15) is 0 Å². The molecule has 3 heteroatoms. The largest absolute Gasteiger partial charge is 0.490 e. The zero-order valence-electron chi connectivity index (χ0n) is 10.9. The minimum absolute atomic E-state index is 0.0904. The number of amides is 1. The first-order chi connectivity index (χ1) is 8.02. The molecule has 0 saturated heterocycles. The van der Waals surface area contributed by atoms with E-state index >= 15 is 0 Å². The minimum Gasteiger partial charge on any atom is -0.490 e. The normalized spacial score (nSPS) is 19.9. The maximum Gasteiger partial charge on any atom is 0.233 e. The van der Waals surface area contributed by atoms with E-state index in [2.05, 4.69) is 19.9 Å². The van der Waals surface area contributed by atoms with Gasteiger partial charge in [-0.05, 0) is 17.5 Å². The average Bonchev–Trinajstić information content (AvgIpc) is 2.42. The molecule has 1 aliphatic heterocycles. The summed E-state index contributed by atoms with van der Waals surface area (Å²) < 4.78 is 5.83. The van der Waals surface area contributed by atoms with E-state index < -0.39 is 0 Å². The Morgan fingerprint density at radius 1 is 1.41 bits per heavy atom. The summed E-state index contributed by atoms with van der Waals surface area (Å²) in [6.45, 7) is 6.63. The number of carbonyl (C=O) groups excluding carboxylic acids is 1. The van der Waals surface area contributed by atoms with E-state index in [1.165, 1.54) is 0 Å². The van der Waals surface area contributed by atoms with E-state index in [4.69, 9.17) is 4.74 Å². The molecule has 1 aromatic carbocycles. The molecule has 1 aliphatic rings. The van der Waals surface area contributed by atoms with Crippen LogP contribution < -0.4 is 9.64 Å². The highest BCUT2D eigenvalue weighted by Crippen LogP contribution is 2.38. The number of anilines is 1. The lowest BCUT2D eigenvalue weighted by Crippen LogP contribution is -2.31. The number of ether oxygens (including phenoxy) is 1. The van der Waals surface area contributed by atoms with Gasteiger partial charge < -0.3 is 9.64 Å². The van der Waals surface area contributed by atoms with Crippen molar-refractivity contribution in [1.82, 2.24) is 0 Å². The van der Waals surface area contributed by atoms with Gasteiger partial charge in [0.1, 0.15) is 5.75 Å². The van der Waals surface area contributed by atoms with Crippen molar-refractivity contribution in [1.29, 1.82) is 0 Å². The van der Waals surface area contributed by atoms with Crippen molar-refractivity contribution < 1.29 is 9.53 Å². The summed E-state index contributed by atoms with van der Waals surface area (Å²) in [5.41, 5.74) is 2.04. The lowest BCUT2D eigenvalue weighted by molar-refractivity contribution is -0.122. The van der Waals surface area contributed by atoms with Crippen LogP contribution in [-0.2, 0) is 4.79 Å². The Balaban J connectivity index is 2.53. The van der Waals surface area contributed by atoms with Crippen molar-refractivity contribution in [2.75, 3.05) is 18.6 Å². The third kappa shape index (κ3) is 2.02. The van der Waals surface area contributed by atoms with Gasteiger partial charge in [-0.3, -0.25) is 4.79 Å². The minimum atomic E-state index is -0.0904. The van der Waals surface area contributed by atoms with E-state index in [9.17, 15) is 4.79 Å². The Kier molecular flexibility index (Phi) is 3.09. The fourth-order valence-corrected chi connectivity index (χ4v) is 2.15. The van der Waals surface area contributed by atoms with E-state index in [-0.39, 0.29) is 11.8 Å². The maximum atomic E-state index is 12.0. The Hall–Kier alpha value is -1.51. The van der Waals surface area contributed by atoms with Gasteiger partial charge in [-0.1, -0.05) is 32.9 Å². The van der Waals surface area contributed by atoms with Gasteiger partial charge in [0.2, 0.25) is 5.91 Å². The van der Waals surface area contributed by atoms with Crippen LogP contribution in [0.25, 0.3) is 0 Å². The van der Waals surface area contributed by atoms with Crippen molar-refractivity contribution in [3.05, 3.63) is 23.8 Å². The third-order valence-electron chi connectivity index (χ3n) is 3.24. The van der Waals surface area contributed by atoms with Gasteiger partial charge in [-0.25, -0.2) is 0 Å². The van der Waals surface area contributed by atoms with E-state index in [1.807, 2.05) is 26.1 Å². The van der Waals surface area contributed by atoms with Crippen molar-refractivity contribution in [2.45, 2.75) is 26.7 Å². The van der Waals surface area contributed by atoms with Crippen LogP contribution in [0, 0.1) is 5.92 Å². The van der Waals surface area contributed by atoms with E-state index in [0.717, 1.165) is 17.0 Å². The fraction of sp³-hybridized carbons (Fsp3) is 0.500. The Morgan fingerprint density at radius 2 is 2.12 bits per heavy atom. The lowest BCUT2D eigenvalue weighted by atomic mass is 10.0. The van der Waals surface area contributed by atoms with Crippen LogP contribution in [-0.4, -0.2) is 19.6 Å². The van der Waals surface area contributed by atoms with Crippen LogP contribution >= 0.6 is 0 Å². The number of benzene rings is 1. The predicted molar refractivity (Wildman–Crippen MR) is 68.6 cm³/mol. The van der Waals surface area contributed by atoms with Gasteiger partial charge in [0.05, 0.1) is 18.2 Å². The first kappa shape index (κ1) is 12.0. The summed E-state index contributed by atoms with van der Waals surface area (Å²) >= 11 is 0. The highest BCUT2D eigenvalue weighted by molar-refractivity contribution is 5.96. The molecule has 0 radical (unpaired) electrons. The summed E-state index contributed by atoms with van der Waals surface area (Å²) in [6.07, 6.45) is 0. The van der Waals surface area contributed by atoms with Crippen LogP contribution in [0.4, 0.5) is 5.69 Å². The number of para-hydroxylation sites is 1. The van der Waals surface area contributed by atoms with Crippen LogP contribution in [0.2, 0.25) is 0 Å². The second kappa shape index (κ2) is 4.40. The summed E-state index contributed by atoms with van der Waals surface area (Å²) in [6, 6.07) is 5.99. The molecule has 0 saturated carbocycles. The molecule has 92 valence electrons. The first-order valence-electron chi connectivity index (χ1n) is 6.05. The quantitative estimate of drug-likeness (QED) is 0.746. The van der Waals surface area contributed by atoms with Crippen LogP contribution in [0.5, 0.6) is 5.75 Å². The molecule has 17 heavy (non-hydrogen) atoms. The van der Waals surface area contributed by atoms with Gasteiger partial charge in [0.15, 0.2) is 0 Å². The molecule has 0 aromatic heterocycles. The molecule has 0 fully saturated rings. The van der Waals surface area contributed by atoms with E-state index in [0.29, 0.717) is 12.5 Å². The monoisotopic (exact) mass is 233 g/mol. The number of hydrogen-bond donors (Lipinski definition) is 0. The van der Waals surface area contributed by atoms with Crippen molar-refractivity contribution >= 4 is 11.6 Å². The molecule has 0 bridgehead atoms. The Bertz CT molecular complexity index is 440. The van der Waals surface area contributed by atoms with Gasteiger partial charge >= 0.3 is 0 Å². The van der Waals surface area contributed by atoms with Crippen LogP contribution in [0.15, 0.2) is 18.2 Å². The summed E-state index contributed by atoms with van der Waals surface area (Å²) in [5.74, 6) is 1.28. The molecular formula is C14H19NO2. The maximum absolute atomic E-state index is 12.0. The van der Waals surface area contributed by atoms with Crippen molar-refractivity contribution in [2.24, 2.45) is 5.92 Å². The highest BCUT2D eigenvalue weighted by atomic mass is 16.5. The molecule has 1 atom stereocenters. The topological polar surface area (TPSA) is 29.5 Å². The molecule has 0 spiro atoms. The molecule has 1 amide bonds. The summed E-state index contributed by atoms with van der Waals surface area (Å²) in [4.78, 5) is 13.7. The number of fused-ring (bicyclic) bond motifs is 1. The molecule has 1 heterocycles. The smallest absolute Gasteiger partial charge is 0.233 e. The van der Waals surface area contributed by atoms with Crippen molar-refractivity contribution in [3.63, 3.8) is 0 Å².